The first-order chi connectivity index (χ1) is 9.04. The van der Waals surface area contributed by atoms with Crippen LogP contribution >= 0.6 is 23.2 Å². The first-order valence-electron chi connectivity index (χ1n) is 6.07. The summed E-state index contributed by atoms with van der Waals surface area (Å²) in [4.78, 5) is 0. The molecule has 1 atom stereocenters. The minimum absolute atomic E-state index is 0.214. The molecule has 0 bridgehead atoms. The topological polar surface area (TPSA) is 69.6 Å². The number of aromatic nitrogens is 4. The molecule has 102 valence electrons. The van der Waals surface area contributed by atoms with Crippen molar-refractivity contribution < 1.29 is 0 Å². The number of nitrogens with two attached hydrogens (primary N) is 1. The highest BCUT2D eigenvalue weighted by molar-refractivity contribution is 6.43. The lowest BCUT2D eigenvalue weighted by Gasteiger charge is -2.13. The summed E-state index contributed by atoms with van der Waals surface area (Å²) in [5, 5.41) is 12.6. The second-order valence-electron chi connectivity index (χ2n) is 4.45. The molecule has 0 amide bonds. The fraction of sp³-hybridized carbons (Fsp3) is 0.417. The van der Waals surface area contributed by atoms with Gasteiger partial charge >= 0.3 is 0 Å². The molecule has 0 saturated carbocycles. The fourth-order valence-electron chi connectivity index (χ4n) is 1.96. The standard InChI is InChI=1S/C12H15Cl2N5/c1-3-4-7(2)19-12(16-17-18-19)8-5-9(13)11(14)10(15)6-8/h5-7H,3-4,15H2,1-2H3. The smallest absolute Gasteiger partial charge is 0.182 e. The molecule has 1 unspecified atom stereocenters. The van der Waals surface area contributed by atoms with E-state index in [0.29, 0.717) is 21.6 Å². The minimum Gasteiger partial charge on any atom is -0.397 e. The maximum Gasteiger partial charge on any atom is 0.182 e. The van der Waals surface area contributed by atoms with Gasteiger partial charge in [-0.2, -0.15) is 0 Å². The molecule has 1 aromatic carbocycles. The van der Waals surface area contributed by atoms with Gasteiger partial charge in [-0.1, -0.05) is 36.5 Å². The van der Waals surface area contributed by atoms with Crippen molar-refractivity contribution in [2.24, 2.45) is 0 Å². The number of halogens is 2. The molecule has 0 aliphatic rings. The second-order valence-corrected chi connectivity index (χ2v) is 5.23. The van der Waals surface area contributed by atoms with Crippen molar-refractivity contribution in [2.45, 2.75) is 32.7 Å². The van der Waals surface area contributed by atoms with Gasteiger partial charge in [0, 0.05) is 5.56 Å². The predicted molar refractivity (Wildman–Crippen MR) is 77.3 cm³/mol. The zero-order valence-electron chi connectivity index (χ0n) is 10.8. The average molecular weight is 300 g/mol. The van der Waals surface area contributed by atoms with E-state index in [1.165, 1.54) is 0 Å². The van der Waals surface area contributed by atoms with E-state index in [4.69, 9.17) is 28.9 Å². The lowest BCUT2D eigenvalue weighted by Crippen LogP contribution is -2.09. The van der Waals surface area contributed by atoms with E-state index in [1.54, 1.807) is 16.8 Å². The number of rotatable bonds is 4. The summed E-state index contributed by atoms with van der Waals surface area (Å²) in [6.45, 7) is 4.20. The van der Waals surface area contributed by atoms with Crippen LogP contribution in [0.5, 0.6) is 0 Å². The molecular formula is C12H15Cl2N5. The van der Waals surface area contributed by atoms with Crippen LogP contribution in [0.25, 0.3) is 11.4 Å². The van der Waals surface area contributed by atoms with E-state index in [-0.39, 0.29) is 6.04 Å². The molecule has 1 heterocycles. The average Bonchev–Trinajstić information content (AvgIpc) is 2.84. The third-order valence-corrected chi connectivity index (χ3v) is 3.75. The first-order valence-corrected chi connectivity index (χ1v) is 6.83. The molecule has 7 heteroatoms. The highest BCUT2D eigenvalue weighted by Gasteiger charge is 2.16. The Balaban J connectivity index is 2.45. The Kier molecular flexibility index (Phi) is 4.27. The van der Waals surface area contributed by atoms with Crippen LogP contribution in [0.3, 0.4) is 0 Å². The summed E-state index contributed by atoms with van der Waals surface area (Å²) < 4.78 is 1.78. The fourth-order valence-corrected chi connectivity index (χ4v) is 2.30. The van der Waals surface area contributed by atoms with Crippen LogP contribution in [-0.2, 0) is 0 Å². The first kappa shape index (κ1) is 14.1. The Hall–Kier alpha value is -1.33. The molecule has 0 radical (unpaired) electrons. The van der Waals surface area contributed by atoms with Gasteiger partial charge < -0.3 is 5.73 Å². The summed E-state index contributed by atoms with van der Waals surface area (Å²) >= 11 is 12.0. The van der Waals surface area contributed by atoms with Gasteiger partial charge in [0.1, 0.15) is 0 Å². The van der Waals surface area contributed by atoms with E-state index in [1.807, 2.05) is 0 Å². The summed E-state index contributed by atoms with van der Waals surface area (Å²) in [6.07, 6.45) is 2.05. The number of hydrogen-bond acceptors (Lipinski definition) is 4. The van der Waals surface area contributed by atoms with Crippen LogP contribution in [0.15, 0.2) is 12.1 Å². The Morgan fingerprint density at radius 2 is 2.11 bits per heavy atom. The molecule has 0 aliphatic heterocycles. The maximum absolute atomic E-state index is 6.04. The molecule has 0 spiro atoms. The lowest BCUT2D eigenvalue weighted by molar-refractivity contribution is 0.447. The van der Waals surface area contributed by atoms with E-state index in [0.717, 1.165) is 18.4 Å². The predicted octanol–water partition coefficient (Wildman–Crippen LogP) is 3.59. The lowest BCUT2D eigenvalue weighted by atomic mass is 10.1. The van der Waals surface area contributed by atoms with Gasteiger partial charge in [0.2, 0.25) is 0 Å². The molecule has 0 fully saturated rings. The van der Waals surface area contributed by atoms with Crippen LogP contribution in [0.1, 0.15) is 32.7 Å². The van der Waals surface area contributed by atoms with E-state index in [9.17, 15) is 0 Å². The van der Waals surface area contributed by atoms with E-state index >= 15 is 0 Å². The van der Waals surface area contributed by atoms with E-state index < -0.39 is 0 Å². The maximum atomic E-state index is 6.04. The van der Waals surface area contributed by atoms with Gasteiger partial charge in [-0.3, -0.25) is 0 Å². The second kappa shape index (κ2) is 5.75. The number of nitrogen functional groups attached to an aromatic ring is 1. The number of benzene rings is 1. The monoisotopic (exact) mass is 299 g/mol. The third-order valence-electron chi connectivity index (χ3n) is 2.93. The summed E-state index contributed by atoms with van der Waals surface area (Å²) in [5.74, 6) is 0.645. The normalized spacial score (nSPS) is 12.6. The SMILES string of the molecule is CCCC(C)n1nnnc1-c1cc(N)c(Cl)c(Cl)c1. The van der Waals surface area contributed by atoms with Crippen LogP contribution in [0.4, 0.5) is 5.69 Å². The third kappa shape index (κ3) is 2.82. The number of hydrogen-bond donors (Lipinski definition) is 1. The summed E-state index contributed by atoms with van der Waals surface area (Å²) in [6, 6.07) is 3.67. The Morgan fingerprint density at radius 3 is 2.74 bits per heavy atom. The van der Waals surface area contributed by atoms with E-state index in [2.05, 4.69) is 29.4 Å². The molecule has 2 aromatic rings. The molecule has 5 nitrogen and oxygen atoms in total. The molecular weight excluding hydrogens is 285 g/mol. The molecule has 19 heavy (non-hydrogen) atoms. The molecule has 2 rings (SSSR count). The van der Waals surface area contributed by atoms with Gasteiger partial charge in [0.25, 0.3) is 0 Å². The van der Waals surface area contributed by atoms with Gasteiger partial charge in [0.15, 0.2) is 5.82 Å². The van der Waals surface area contributed by atoms with Gasteiger partial charge in [-0.05, 0) is 35.9 Å². The molecule has 0 aliphatic carbocycles. The van der Waals surface area contributed by atoms with Crippen molar-refractivity contribution >= 4 is 28.9 Å². The summed E-state index contributed by atoms with van der Waals surface area (Å²) in [7, 11) is 0. The Bertz CT molecular complexity index is 558. The largest absolute Gasteiger partial charge is 0.397 e. The van der Waals surface area contributed by atoms with Gasteiger partial charge in [0.05, 0.1) is 21.8 Å². The van der Waals surface area contributed by atoms with Crippen molar-refractivity contribution in [1.82, 2.24) is 20.2 Å². The highest BCUT2D eigenvalue weighted by Crippen LogP contribution is 2.33. The number of nitrogens with zero attached hydrogens (tertiary/aromatic N) is 4. The highest BCUT2D eigenvalue weighted by atomic mass is 35.5. The Labute approximate surface area is 121 Å². The van der Waals surface area contributed by atoms with Crippen molar-refractivity contribution in [2.75, 3.05) is 5.73 Å². The van der Waals surface area contributed by atoms with Crippen LogP contribution in [0, 0.1) is 0 Å². The van der Waals surface area contributed by atoms with Crippen LogP contribution < -0.4 is 5.73 Å². The molecule has 0 saturated heterocycles. The van der Waals surface area contributed by atoms with Crippen LogP contribution in [-0.4, -0.2) is 20.2 Å². The molecule has 2 N–H and O–H groups in total. The zero-order chi connectivity index (χ0) is 14.0. The number of anilines is 1. The Morgan fingerprint density at radius 1 is 1.37 bits per heavy atom. The van der Waals surface area contributed by atoms with Crippen molar-refractivity contribution in [1.29, 1.82) is 0 Å². The van der Waals surface area contributed by atoms with Crippen molar-refractivity contribution in [3.63, 3.8) is 0 Å². The van der Waals surface area contributed by atoms with Crippen molar-refractivity contribution in [3.05, 3.63) is 22.2 Å². The minimum atomic E-state index is 0.214. The van der Waals surface area contributed by atoms with Gasteiger partial charge in [-0.15, -0.1) is 5.10 Å². The quantitative estimate of drug-likeness (QED) is 0.876. The van der Waals surface area contributed by atoms with Gasteiger partial charge in [-0.25, -0.2) is 4.68 Å². The zero-order valence-corrected chi connectivity index (χ0v) is 12.3. The van der Waals surface area contributed by atoms with Crippen molar-refractivity contribution in [3.8, 4) is 11.4 Å². The number of tetrazole rings is 1. The van der Waals surface area contributed by atoms with Crippen LogP contribution in [0.2, 0.25) is 10.0 Å². The molecule has 1 aromatic heterocycles. The summed E-state index contributed by atoms with van der Waals surface area (Å²) in [5.41, 5.74) is 7.00.